The van der Waals surface area contributed by atoms with Gasteiger partial charge in [0.2, 0.25) is 0 Å². The molecular weight excluding hydrogens is 172 g/mol. The Morgan fingerprint density at radius 1 is 1.36 bits per heavy atom. The van der Waals surface area contributed by atoms with Gasteiger partial charge in [-0.05, 0) is 31.2 Å². The van der Waals surface area contributed by atoms with Gasteiger partial charge < -0.3 is 5.32 Å². The zero-order valence-electron chi connectivity index (χ0n) is 9.63. The predicted molar refractivity (Wildman–Crippen MR) is 60.4 cm³/mol. The van der Waals surface area contributed by atoms with E-state index in [1.54, 1.807) is 0 Å². The maximum absolute atomic E-state index is 3.52. The molecule has 2 atom stereocenters. The molecule has 2 heterocycles. The first-order valence-electron chi connectivity index (χ1n) is 6.26. The lowest BCUT2D eigenvalue weighted by molar-refractivity contribution is 0.0142. The van der Waals surface area contributed by atoms with Gasteiger partial charge in [-0.15, -0.1) is 0 Å². The van der Waals surface area contributed by atoms with Crippen LogP contribution in [0.25, 0.3) is 0 Å². The maximum Gasteiger partial charge on any atom is 0.0246 e. The number of likely N-dealkylation sites (tertiary alicyclic amines) is 1. The van der Waals surface area contributed by atoms with Gasteiger partial charge in [-0.25, -0.2) is 0 Å². The first kappa shape index (κ1) is 10.4. The number of piperidine rings is 1. The highest BCUT2D eigenvalue weighted by Gasteiger charge is 2.35. The van der Waals surface area contributed by atoms with E-state index in [1.807, 2.05) is 0 Å². The molecule has 0 radical (unpaired) electrons. The molecule has 2 aliphatic rings. The van der Waals surface area contributed by atoms with Gasteiger partial charge in [-0.2, -0.15) is 0 Å². The third kappa shape index (κ3) is 2.12. The fourth-order valence-corrected chi connectivity index (χ4v) is 2.93. The molecule has 0 aromatic heterocycles. The highest BCUT2D eigenvalue weighted by atomic mass is 15.2. The highest BCUT2D eigenvalue weighted by molar-refractivity contribution is 4.90. The summed E-state index contributed by atoms with van der Waals surface area (Å²) < 4.78 is 0. The lowest BCUT2D eigenvalue weighted by Gasteiger charge is -2.48. The third-order valence-electron chi connectivity index (χ3n) is 3.94. The van der Waals surface area contributed by atoms with Crippen LogP contribution in [0.2, 0.25) is 0 Å². The van der Waals surface area contributed by atoms with Crippen LogP contribution in [0, 0.1) is 11.8 Å². The molecule has 14 heavy (non-hydrogen) atoms. The Balaban J connectivity index is 1.74. The summed E-state index contributed by atoms with van der Waals surface area (Å²) in [5.41, 5.74) is 0. The molecule has 0 spiro atoms. The summed E-state index contributed by atoms with van der Waals surface area (Å²) in [7, 11) is 0. The van der Waals surface area contributed by atoms with Crippen molar-refractivity contribution in [2.75, 3.05) is 26.2 Å². The largest absolute Gasteiger partial charge is 0.315 e. The molecule has 0 aromatic carbocycles. The van der Waals surface area contributed by atoms with Crippen LogP contribution in [-0.2, 0) is 0 Å². The lowest BCUT2D eigenvalue weighted by Crippen LogP contribution is -2.59. The van der Waals surface area contributed by atoms with Crippen LogP contribution in [0.15, 0.2) is 0 Å². The van der Waals surface area contributed by atoms with Gasteiger partial charge in [-0.1, -0.05) is 20.3 Å². The summed E-state index contributed by atoms with van der Waals surface area (Å²) in [6.45, 7) is 9.89. The normalized spacial score (nSPS) is 35.6. The molecule has 2 aliphatic heterocycles. The Labute approximate surface area is 88.1 Å². The van der Waals surface area contributed by atoms with E-state index >= 15 is 0 Å². The van der Waals surface area contributed by atoms with Crippen LogP contribution in [0.3, 0.4) is 0 Å². The summed E-state index contributed by atoms with van der Waals surface area (Å²) in [6.07, 6.45) is 4.15. The minimum absolute atomic E-state index is 0.830. The lowest BCUT2D eigenvalue weighted by atomic mass is 9.86. The van der Waals surface area contributed by atoms with Gasteiger partial charge in [0.1, 0.15) is 0 Å². The van der Waals surface area contributed by atoms with Crippen LogP contribution in [-0.4, -0.2) is 37.1 Å². The fraction of sp³-hybridized carbons (Fsp3) is 1.00. The molecule has 2 saturated heterocycles. The average molecular weight is 196 g/mol. The standard InChI is InChI=1S/C12H24N2/c1-3-4-11-8-14(9-11)12-7-13-6-5-10(12)2/h10-13H,3-9H2,1-2H3. The molecule has 0 aliphatic carbocycles. The number of hydrogen-bond acceptors (Lipinski definition) is 2. The maximum atomic E-state index is 3.52. The summed E-state index contributed by atoms with van der Waals surface area (Å²) in [5.74, 6) is 1.91. The molecule has 2 nitrogen and oxygen atoms in total. The van der Waals surface area contributed by atoms with Gasteiger partial charge in [0.05, 0.1) is 0 Å². The number of nitrogens with one attached hydrogen (secondary N) is 1. The van der Waals surface area contributed by atoms with Crippen molar-refractivity contribution in [2.24, 2.45) is 11.8 Å². The zero-order valence-corrected chi connectivity index (χ0v) is 9.63. The van der Waals surface area contributed by atoms with E-state index in [4.69, 9.17) is 0 Å². The Morgan fingerprint density at radius 3 is 2.79 bits per heavy atom. The number of nitrogens with zero attached hydrogens (tertiary/aromatic N) is 1. The van der Waals surface area contributed by atoms with Crippen LogP contribution in [0.1, 0.15) is 33.1 Å². The first-order valence-corrected chi connectivity index (χ1v) is 6.26. The minimum Gasteiger partial charge on any atom is -0.315 e. The Morgan fingerprint density at radius 2 is 2.14 bits per heavy atom. The summed E-state index contributed by atoms with van der Waals surface area (Å²) in [5, 5.41) is 3.52. The van der Waals surface area contributed by atoms with E-state index < -0.39 is 0 Å². The van der Waals surface area contributed by atoms with Crippen molar-refractivity contribution >= 4 is 0 Å². The summed E-state index contributed by atoms with van der Waals surface area (Å²) in [6, 6.07) is 0.830. The Hall–Kier alpha value is -0.0800. The van der Waals surface area contributed by atoms with E-state index in [0.717, 1.165) is 17.9 Å². The van der Waals surface area contributed by atoms with E-state index in [9.17, 15) is 0 Å². The second kappa shape index (κ2) is 4.63. The average Bonchev–Trinajstić information content (AvgIpc) is 2.12. The summed E-state index contributed by atoms with van der Waals surface area (Å²) in [4.78, 5) is 2.69. The molecular formula is C12H24N2. The summed E-state index contributed by atoms with van der Waals surface area (Å²) >= 11 is 0. The van der Waals surface area contributed by atoms with E-state index in [2.05, 4.69) is 24.1 Å². The van der Waals surface area contributed by atoms with Gasteiger partial charge in [0.15, 0.2) is 0 Å². The van der Waals surface area contributed by atoms with E-state index in [-0.39, 0.29) is 0 Å². The van der Waals surface area contributed by atoms with Gasteiger partial charge in [0, 0.05) is 25.7 Å². The van der Waals surface area contributed by atoms with Crippen molar-refractivity contribution in [2.45, 2.75) is 39.2 Å². The zero-order chi connectivity index (χ0) is 9.97. The van der Waals surface area contributed by atoms with E-state index in [0.29, 0.717) is 0 Å². The van der Waals surface area contributed by atoms with Crippen molar-refractivity contribution < 1.29 is 0 Å². The molecule has 0 aromatic rings. The van der Waals surface area contributed by atoms with Crippen molar-refractivity contribution in [1.82, 2.24) is 10.2 Å². The van der Waals surface area contributed by atoms with E-state index in [1.165, 1.54) is 45.4 Å². The monoisotopic (exact) mass is 196 g/mol. The molecule has 1 N–H and O–H groups in total. The quantitative estimate of drug-likeness (QED) is 0.739. The molecule has 0 amide bonds. The topological polar surface area (TPSA) is 15.3 Å². The molecule has 2 rings (SSSR count). The molecule has 2 unspecified atom stereocenters. The smallest absolute Gasteiger partial charge is 0.0246 e. The van der Waals surface area contributed by atoms with Crippen LogP contribution in [0.5, 0.6) is 0 Å². The third-order valence-corrected chi connectivity index (χ3v) is 3.94. The van der Waals surface area contributed by atoms with Crippen LogP contribution >= 0.6 is 0 Å². The van der Waals surface area contributed by atoms with Gasteiger partial charge in [-0.3, -0.25) is 4.90 Å². The predicted octanol–water partition coefficient (Wildman–Crippen LogP) is 1.72. The first-order chi connectivity index (χ1) is 6.81. The van der Waals surface area contributed by atoms with Crippen molar-refractivity contribution in [3.05, 3.63) is 0 Å². The second-order valence-corrected chi connectivity index (χ2v) is 5.15. The molecule has 0 saturated carbocycles. The Bertz CT molecular complexity index is 175. The van der Waals surface area contributed by atoms with Crippen molar-refractivity contribution in [3.63, 3.8) is 0 Å². The number of rotatable bonds is 3. The Kier molecular flexibility index (Phi) is 3.45. The van der Waals surface area contributed by atoms with Gasteiger partial charge in [0.25, 0.3) is 0 Å². The van der Waals surface area contributed by atoms with Crippen molar-refractivity contribution in [1.29, 1.82) is 0 Å². The SMILES string of the molecule is CCCC1CN(C2CNCCC2C)C1. The van der Waals surface area contributed by atoms with Crippen LogP contribution < -0.4 is 5.32 Å². The molecule has 0 bridgehead atoms. The fourth-order valence-electron chi connectivity index (χ4n) is 2.93. The minimum atomic E-state index is 0.830. The molecule has 82 valence electrons. The van der Waals surface area contributed by atoms with Gasteiger partial charge >= 0.3 is 0 Å². The van der Waals surface area contributed by atoms with Crippen LogP contribution in [0.4, 0.5) is 0 Å². The second-order valence-electron chi connectivity index (χ2n) is 5.15. The number of hydrogen-bond donors (Lipinski definition) is 1. The molecule has 2 fully saturated rings. The van der Waals surface area contributed by atoms with Crippen molar-refractivity contribution in [3.8, 4) is 0 Å². The molecule has 2 heteroatoms. The highest BCUT2D eigenvalue weighted by Crippen LogP contribution is 2.27.